The number of carbonyl (C=O) groups excluding carboxylic acids is 1. The van der Waals surface area contributed by atoms with Gasteiger partial charge in [0.25, 0.3) is 5.91 Å². The fourth-order valence-corrected chi connectivity index (χ4v) is 7.06. The third-order valence-electron chi connectivity index (χ3n) is 8.98. The molecule has 1 atom stereocenters. The molecule has 2 aliphatic heterocycles. The van der Waals surface area contributed by atoms with Crippen LogP contribution in [0.15, 0.2) is 42.5 Å². The SMILES string of the molecule is CCC1CC2(C1)CC(Nc1ccc3c(c1)C(=O)N(CC(O)CN1CCc4ccccc4C1)CCO3)C2. The highest BCUT2D eigenvalue weighted by Crippen LogP contribution is 2.60. The Morgan fingerprint density at radius 1 is 1.08 bits per heavy atom. The summed E-state index contributed by atoms with van der Waals surface area (Å²) < 4.78 is 5.92. The van der Waals surface area contributed by atoms with Crippen LogP contribution in [0.2, 0.25) is 0 Å². The molecule has 0 aromatic heterocycles. The number of amides is 1. The Bertz CT molecular complexity index is 1100. The van der Waals surface area contributed by atoms with Crippen molar-refractivity contribution in [3.63, 3.8) is 0 Å². The molecule has 6 heteroatoms. The maximum atomic E-state index is 13.5. The molecule has 4 aliphatic rings. The molecule has 1 amide bonds. The maximum Gasteiger partial charge on any atom is 0.257 e. The Balaban J connectivity index is 1.05. The number of nitrogens with one attached hydrogen (secondary N) is 1. The molecule has 1 unspecified atom stereocenters. The van der Waals surface area contributed by atoms with E-state index in [9.17, 15) is 9.90 Å². The van der Waals surface area contributed by atoms with Gasteiger partial charge in [-0.2, -0.15) is 0 Å². The van der Waals surface area contributed by atoms with Crippen molar-refractivity contribution >= 4 is 11.6 Å². The van der Waals surface area contributed by atoms with Crippen molar-refractivity contribution in [1.29, 1.82) is 0 Å². The molecule has 2 saturated carbocycles. The lowest BCUT2D eigenvalue weighted by Crippen LogP contribution is -2.52. The van der Waals surface area contributed by atoms with Gasteiger partial charge in [0.1, 0.15) is 12.4 Å². The van der Waals surface area contributed by atoms with E-state index in [4.69, 9.17) is 4.74 Å². The molecular formula is C30H39N3O3. The van der Waals surface area contributed by atoms with Crippen LogP contribution in [0, 0.1) is 11.3 Å². The lowest BCUT2D eigenvalue weighted by Gasteiger charge is -2.58. The minimum Gasteiger partial charge on any atom is -0.491 e. The number of benzene rings is 2. The number of fused-ring (bicyclic) bond motifs is 2. The topological polar surface area (TPSA) is 65.0 Å². The van der Waals surface area contributed by atoms with Gasteiger partial charge in [0, 0.05) is 37.9 Å². The average molecular weight is 490 g/mol. The van der Waals surface area contributed by atoms with Crippen LogP contribution in [0.1, 0.15) is 60.5 Å². The first-order valence-electron chi connectivity index (χ1n) is 13.8. The van der Waals surface area contributed by atoms with Crippen molar-refractivity contribution in [2.24, 2.45) is 11.3 Å². The molecule has 1 spiro atoms. The first-order valence-corrected chi connectivity index (χ1v) is 13.8. The summed E-state index contributed by atoms with van der Waals surface area (Å²) in [6, 6.07) is 14.9. The number of nitrogens with zero attached hydrogens (tertiary/aromatic N) is 2. The van der Waals surface area contributed by atoms with Crippen LogP contribution in [0.3, 0.4) is 0 Å². The smallest absolute Gasteiger partial charge is 0.257 e. The highest BCUT2D eigenvalue weighted by Gasteiger charge is 2.52. The van der Waals surface area contributed by atoms with Crippen molar-refractivity contribution < 1.29 is 14.6 Å². The van der Waals surface area contributed by atoms with Crippen LogP contribution in [-0.4, -0.2) is 65.7 Å². The minimum atomic E-state index is -0.595. The second kappa shape index (κ2) is 9.71. The molecule has 2 aromatic carbocycles. The molecular weight excluding hydrogens is 450 g/mol. The highest BCUT2D eigenvalue weighted by atomic mass is 16.5. The quantitative estimate of drug-likeness (QED) is 0.607. The van der Waals surface area contributed by atoms with E-state index < -0.39 is 6.10 Å². The van der Waals surface area contributed by atoms with E-state index in [1.54, 1.807) is 4.90 Å². The normalized spacial score (nSPS) is 28.3. The molecule has 2 aliphatic carbocycles. The van der Waals surface area contributed by atoms with E-state index in [2.05, 4.69) is 41.4 Å². The van der Waals surface area contributed by atoms with Gasteiger partial charge in [-0.1, -0.05) is 37.6 Å². The molecule has 6 rings (SSSR count). The number of hydrogen-bond acceptors (Lipinski definition) is 5. The zero-order chi connectivity index (χ0) is 24.7. The van der Waals surface area contributed by atoms with Gasteiger partial charge in [0.2, 0.25) is 0 Å². The van der Waals surface area contributed by atoms with E-state index in [1.807, 2.05) is 18.2 Å². The monoisotopic (exact) mass is 489 g/mol. The van der Waals surface area contributed by atoms with Gasteiger partial charge >= 0.3 is 0 Å². The van der Waals surface area contributed by atoms with Gasteiger partial charge in [-0.15, -0.1) is 0 Å². The van der Waals surface area contributed by atoms with Crippen molar-refractivity contribution in [2.75, 3.05) is 38.1 Å². The summed E-state index contributed by atoms with van der Waals surface area (Å²) in [5.41, 5.74) is 4.92. The van der Waals surface area contributed by atoms with Crippen LogP contribution >= 0.6 is 0 Å². The molecule has 36 heavy (non-hydrogen) atoms. The number of ether oxygens (including phenoxy) is 1. The Labute approximate surface area is 214 Å². The summed E-state index contributed by atoms with van der Waals surface area (Å²) in [6.07, 6.45) is 6.98. The number of carbonyl (C=O) groups is 1. The lowest BCUT2D eigenvalue weighted by molar-refractivity contribution is -0.0345. The third kappa shape index (κ3) is 4.73. The van der Waals surface area contributed by atoms with E-state index >= 15 is 0 Å². The van der Waals surface area contributed by atoms with Crippen LogP contribution in [-0.2, 0) is 13.0 Å². The summed E-state index contributed by atoms with van der Waals surface area (Å²) in [7, 11) is 0. The Hall–Kier alpha value is -2.57. The zero-order valence-electron chi connectivity index (χ0n) is 21.4. The van der Waals surface area contributed by atoms with Crippen molar-refractivity contribution in [3.05, 3.63) is 59.2 Å². The Morgan fingerprint density at radius 2 is 1.89 bits per heavy atom. The molecule has 192 valence electrons. The largest absolute Gasteiger partial charge is 0.491 e. The highest BCUT2D eigenvalue weighted by molar-refractivity contribution is 5.98. The van der Waals surface area contributed by atoms with Gasteiger partial charge in [-0.05, 0) is 72.8 Å². The molecule has 6 nitrogen and oxygen atoms in total. The predicted molar refractivity (Wildman–Crippen MR) is 141 cm³/mol. The predicted octanol–water partition coefficient (Wildman–Crippen LogP) is 4.32. The van der Waals surface area contributed by atoms with E-state index in [0.29, 0.717) is 49.0 Å². The standard InChI is InChI=1S/C30H39N3O3/c1-2-21-14-30(15-21)16-25(17-30)31-24-7-8-28-27(13-24)29(35)33(11-12-36-28)20-26(34)19-32-10-9-22-5-3-4-6-23(22)18-32/h3-8,13,21,25-26,31,34H,2,9-12,14-20H2,1H3. The number of aliphatic hydroxyl groups is 1. The molecule has 2 heterocycles. The number of β-amino-alcohol motifs (C(OH)–C–C–N with tert-alkyl or cyclic N) is 1. The molecule has 2 N–H and O–H groups in total. The van der Waals surface area contributed by atoms with Gasteiger partial charge in [-0.3, -0.25) is 9.69 Å². The first-order chi connectivity index (χ1) is 17.5. The van der Waals surface area contributed by atoms with Crippen molar-refractivity contribution in [2.45, 2.75) is 64.1 Å². The van der Waals surface area contributed by atoms with Crippen molar-refractivity contribution in [1.82, 2.24) is 9.80 Å². The van der Waals surface area contributed by atoms with Gasteiger partial charge in [0.15, 0.2) is 0 Å². The average Bonchev–Trinajstić information content (AvgIpc) is 2.98. The maximum absolute atomic E-state index is 13.5. The molecule has 0 radical (unpaired) electrons. The summed E-state index contributed by atoms with van der Waals surface area (Å²) in [4.78, 5) is 17.5. The van der Waals surface area contributed by atoms with Gasteiger partial charge in [-0.25, -0.2) is 0 Å². The molecule has 2 aromatic rings. The first kappa shape index (κ1) is 23.8. The van der Waals surface area contributed by atoms with Crippen molar-refractivity contribution in [3.8, 4) is 5.75 Å². The Kier molecular flexibility index (Phi) is 6.42. The molecule has 0 bridgehead atoms. The lowest BCUT2D eigenvalue weighted by atomic mass is 9.49. The van der Waals surface area contributed by atoms with E-state index in [-0.39, 0.29) is 5.91 Å². The van der Waals surface area contributed by atoms with E-state index in [0.717, 1.165) is 31.1 Å². The fraction of sp³-hybridized carbons (Fsp3) is 0.567. The van der Waals surface area contributed by atoms with Gasteiger partial charge in [0.05, 0.1) is 18.2 Å². The van der Waals surface area contributed by atoms with Gasteiger partial charge < -0.3 is 20.1 Å². The summed E-state index contributed by atoms with van der Waals surface area (Å²) in [5, 5.41) is 14.6. The van der Waals surface area contributed by atoms with E-state index in [1.165, 1.54) is 43.2 Å². The Morgan fingerprint density at radius 3 is 2.69 bits per heavy atom. The van der Waals surface area contributed by atoms with Crippen LogP contribution < -0.4 is 10.1 Å². The van der Waals surface area contributed by atoms with Crippen LogP contribution in [0.4, 0.5) is 5.69 Å². The minimum absolute atomic E-state index is 0.0518. The third-order valence-corrected chi connectivity index (χ3v) is 8.98. The number of aliphatic hydroxyl groups excluding tert-OH is 1. The summed E-state index contributed by atoms with van der Waals surface area (Å²) >= 11 is 0. The number of hydrogen-bond donors (Lipinski definition) is 2. The summed E-state index contributed by atoms with van der Waals surface area (Å²) in [6.45, 7) is 5.90. The van der Waals surface area contributed by atoms with Crippen LogP contribution in [0.5, 0.6) is 5.75 Å². The second-order valence-corrected chi connectivity index (χ2v) is 11.7. The fourth-order valence-electron chi connectivity index (χ4n) is 7.06. The molecule has 2 fully saturated rings. The van der Waals surface area contributed by atoms with Crippen LogP contribution in [0.25, 0.3) is 0 Å². The number of rotatable bonds is 7. The zero-order valence-corrected chi connectivity index (χ0v) is 21.4. The summed E-state index contributed by atoms with van der Waals surface area (Å²) in [5.74, 6) is 1.52. The second-order valence-electron chi connectivity index (χ2n) is 11.7. The molecule has 0 saturated heterocycles. The number of anilines is 1.